The number of allylic oxidation sites excluding steroid dienone is 2. The van der Waals surface area contributed by atoms with Gasteiger partial charge in [0.15, 0.2) is 0 Å². The van der Waals surface area contributed by atoms with Crippen molar-refractivity contribution in [3.05, 3.63) is 47.8 Å². The minimum atomic E-state index is -0.121. The van der Waals surface area contributed by atoms with E-state index in [0.29, 0.717) is 5.92 Å². The summed E-state index contributed by atoms with van der Waals surface area (Å²) in [4.78, 5) is 0. The fourth-order valence-electron chi connectivity index (χ4n) is 4.86. The van der Waals surface area contributed by atoms with E-state index in [1.54, 1.807) is 12.1 Å². The predicted octanol–water partition coefficient (Wildman–Crippen LogP) is 7.65. The van der Waals surface area contributed by atoms with Crippen molar-refractivity contribution in [2.75, 3.05) is 0 Å². The van der Waals surface area contributed by atoms with E-state index in [4.69, 9.17) is 0 Å². The SMILES string of the molecule is CCCC[C@H]1CC[C@H](/C=C/[C@H]2CC[C@H](c3ccc(F)cc3)CC2)CC1. The molecule has 2 aliphatic rings. The summed E-state index contributed by atoms with van der Waals surface area (Å²) in [6.07, 6.45) is 20.1. The zero-order valence-corrected chi connectivity index (χ0v) is 15.9. The topological polar surface area (TPSA) is 0 Å². The molecule has 0 amide bonds. The lowest BCUT2D eigenvalue weighted by molar-refractivity contribution is 0.289. The summed E-state index contributed by atoms with van der Waals surface area (Å²) in [5.74, 6) is 3.14. The first-order valence-corrected chi connectivity index (χ1v) is 10.7. The van der Waals surface area contributed by atoms with Crippen LogP contribution in [0.25, 0.3) is 0 Å². The Hall–Kier alpha value is -1.11. The van der Waals surface area contributed by atoms with Gasteiger partial charge in [-0.1, -0.05) is 50.5 Å². The van der Waals surface area contributed by atoms with E-state index in [-0.39, 0.29) is 5.82 Å². The molecule has 25 heavy (non-hydrogen) atoms. The van der Waals surface area contributed by atoms with Crippen molar-refractivity contribution < 1.29 is 4.39 Å². The van der Waals surface area contributed by atoms with Gasteiger partial charge in [0.2, 0.25) is 0 Å². The molecule has 1 aromatic rings. The number of hydrogen-bond acceptors (Lipinski definition) is 0. The Morgan fingerprint density at radius 3 is 1.96 bits per heavy atom. The Labute approximate surface area is 153 Å². The van der Waals surface area contributed by atoms with E-state index in [1.165, 1.54) is 76.2 Å². The van der Waals surface area contributed by atoms with Crippen molar-refractivity contribution in [2.24, 2.45) is 17.8 Å². The largest absolute Gasteiger partial charge is 0.207 e. The molecule has 0 unspecified atom stereocenters. The van der Waals surface area contributed by atoms with Crippen LogP contribution in [0.1, 0.15) is 89.0 Å². The smallest absolute Gasteiger partial charge is 0.123 e. The second-order valence-corrected chi connectivity index (χ2v) is 8.47. The molecule has 1 heteroatoms. The molecule has 0 nitrogen and oxygen atoms in total. The molecule has 3 rings (SSSR count). The van der Waals surface area contributed by atoms with E-state index < -0.39 is 0 Å². The van der Waals surface area contributed by atoms with Crippen LogP contribution in [0.2, 0.25) is 0 Å². The maximum atomic E-state index is 13.1. The number of rotatable bonds is 6. The summed E-state index contributed by atoms with van der Waals surface area (Å²) in [6, 6.07) is 7.18. The van der Waals surface area contributed by atoms with Crippen molar-refractivity contribution in [1.29, 1.82) is 0 Å². The van der Waals surface area contributed by atoms with Crippen LogP contribution in [0.4, 0.5) is 4.39 Å². The molecule has 0 saturated heterocycles. The molecule has 0 heterocycles. The molecule has 2 aliphatic carbocycles. The van der Waals surface area contributed by atoms with Crippen LogP contribution >= 0.6 is 0 Å². The van der Waals surface area contributed by atoms with Crippen LogP contribution in [0.5, 0.6) is 0 Å². The van der Waals surface area contributed by atoms with Gasteiger partial charge in [0.05, 0.1) is 0 Å². The van der Waals surface area contributed by atoms with Gasteiger partial charge in [-0.25, -0.2) is 4.39 Å². The minimum absolute atomic E-state index is 0.121. The molecule has 1 aromatic carbocycles. The minimum Gasteiger partial charge on any atom is -0.207 e. The van der Waals surface area contributed by atoms with Crippen molar-refractivity contribution in [3.63, 3.8) is 0 Å². The van der Waals surface area contributed by atoms with Gasteiger partial charge in [-0.3, -0.25) is 0 Å². The zero-order valence-electron chi connectivity index (χ0n) is 15.9. The van der Waals surface area contributed by atoms with Crippen molar-refractivity contribution in [1.82, 2.24) is 0 Å². The first-order chi connectivity index (χ1) is 12.2. The molecule has 2 fully saturated rings. The zero-order chi connectivity index (χ0) is 17.5. The number of unbranched alkanes of at least 4 members (excludes halogenated alkanes) is 1. The van der Waals surface area contributed by atoms with Crippen molar-refractivity contribution in [2.45, 2.75) is 83.5 Å². The maximum Gasteiger partial charge on any atom is 0.123 e. The first-order valence-electron chi connectivity index (χ1n) is 10.7. The van der Waals surface area contributed by atoms with Crippen molar-refractivity contribution in [3.8, 4) is 0 Å². The van der Waals surface area contributed by atoms with Crippen LogP contribution in [-0.2, 0) is 0 Å². The van der Waals surface area contributed by atoms with E-state index >= 15 is 0 Å². The molecule has 0 aliphatic heterocycles. The van der Waals surface area contributed by atoms with Crippen LogP contribution in [-0.4, -0.2) is 0 Å². The third-order valence-corrected chi connectivity index (χ3v) is 6.63. The fraction of sp³-hybridized carbons (Fsp3) is 0.667. The standard InChI is InChI=1S/C24H35F/c1-2-3-4-19-5-7-20(8-6-19)9-10-21-11-13-22(14-12-21)23-15-17-24(25)18-16-23/h9-10,15-22H,2-8,11-14H2,1H3/b10-9+/t19-,20-,21-,22-. The molecular weight excluding hydrogens is 307 g/mol. The normalized spacial score (nSPS) is 30.6. The quantitative estimate of drug-likeness (QED) is 0.466. The third kappa shape index (κ3) is 5.69. The molecule has 0 atom stereocenters. The first kappa shape index (κ1) is 18.7. The molecule has 138 valence electrons. The van der Waals surface area contributed by atoms with Crippen LogP contribution in [0.15, 0.2) is 36.4 Å². The summed E-state index contributed by atoms with van der Waals surface area (Å²) in [6.45, 7) is 2.30. The van der Waals surface area contributed by atoms with Gasteiger partial charge < -0.3 is 0 Å². The van der Waals surface area contributed by atoms with E-state index in [1.807, 2.05) is 12.1 Å². The Kier molecular flexibility index (Phi) is 7.13. The summed E-state index contributed by atoms with van der Waals surface area (Å²) in [7, 11) is 0. The van der Waals surface area contributed by atoms with Gasteiger partial charge >= 0.3 is 0 Å². The fourth-order valence-corrected chi connectivity index (χ4v) is 4.86. The molecular formula is C24H35F. The van der Waals surface area contributed by atoms with Crippen LogP contribution < -0.4 is 0 Å². The Bertz CT molecular complexity index is 514. The predicted molar refractivity (Wildman–Crippen MR) is 105 cm³/mol. The monoisotopic (exact) mass is 342 g/mol. The van der Waals surface area contributed by atoms with Gasteiger partial charge in [-0.05, 0) is 92.7 Å². The lowest BCUT2D eigenvalue weighted by atomic mass is 9.77. The second-order valence-electron chi connectivity index (χ2n) is 8.47. The highest BCUT2D eigenvalue weighted by atomic mass is 19.1. The Morgan fingerprint density at radius 2 is 1.40 bits per heavy atom. The molecule has 0 spiro atoms. The highest BCUT2D eigenvalue weighted by Crippen LogP contribution is 2.37. The molecule has 0 aromatic heterocycles. The summed E-state index contributed by atoms with van der Waals surface area (Å²) in [5.41, 5.74) is 1.33. The average Bonchev–Trinajstić information content (AvgIpc) is 2.67. The summed E-state index contributed by atoms with van der Waals surface area (Å²) < 4.78 is 13.1. The lowest BCUT2D eigenvalue weighted by Crippen LogP contribution is -2.14. The van der Waals surface area contributed by atoms with Gasteiger partial charge in [0, 0.05) is 0 Å². The summed E-state index contributed by atoms with van der Waals surface area (Å²) >= 11 is 0. The molecule has 0 bridgehead atoms. The van der Waals surface area contributed by atoms with Crippen LogP contribution in [0, 0.1) is 23.6 Å². The van der Waals surface area contributed by atoms with Crippen LogP contribution in [0.3, 0.4) is 0 Å². The van der Waals surface area contributed by atoms with E-state index in [0.717, 1.165) is 17.8 Å². The maximum absolute atomic E-state index is 13.1. The Morgan fingerprint density at radius 1 is 0.840 bits per heavy atom. The average molecular weight is 343 g/mol. The lowest BCUT2D eigenvalue weighted by Gasteiger charge is -2.29. The van der Waals surface area contributed by atoms with E-state index in [9.17, 15) is 4.39 Å². The Balaban J connectivity index is 1.39. The third-order valence-electron chi connectivity index (χ3n) is 6.63. The van der Waals surface area contributed by atoms with Gasteiger partial charge in [0.1, 0.15) is 5.82 Å². The molecule has 0 radical (unpaired) electrons. The van der Waals surface area contributed by atoms with Crippen molar-refractivity contribution >= 4 is 0 Å². The van der Waals surface area contributed by atoms with Gasteiger partial charge in [-0.2, -0.15) is 0 Å². The number of benzene rings is 1. The number of hydrogen-bond donors (Lipinski definition) is 0. The van der Waals surface area contributed by atoms with Gasteiger partial charge in [-0.15, -0.1) is 0 Å². The molecule has 0 N–H and O–H groups in total. The molecule has 2 saturated carbocycles. The van der Waals surface area contributed by atoms with Gasteiger partial charge in [0.25, 0.3) is 0 Å². The second kappa shape index (κ2) is 9.55. The summed E-state index contributed by atoms with van der Waals surface area (Å²) in [5, 5.41) is 0. The highest BCUT2D eigenvalue weighted by Gasteiger charge is 2.22. The number of halogens is 1. The van der Waals surface area contributed by atoms with E-state index in [2.05, 4.69) is 19.1 Å². The highest BCUT2D eigenvalue weighted by molar-refractivity contribution is 5.21.